The molecule has 1 aromatic heterocycles. The van der Waals surface area contributed by atoms with Crippen LogP contribution in [0.5, 0.6) is 5.88 Å². The molecule has 1 N–H and O–H groups in total. The molecule has 2 heterocycles. The number of pyridine rings is 1. The summed E-state index contributed by atoms with van der Waals surface area (Å²) in [5, 5.41) is 20.1. The molecule has 0 atom stereocenters. The molecule has 28 heavy (non-hydrogen) atoms. The molecule has 0 spiro atoms. The molecule has 144 valence electrons. The maximum Gasteiger partial charge on any atom is 0.271 e. The van der Waals surface area contributed by atoms with Crippen molar-refractivity contribution in [3.05, 3.63) is 57.4 Å². The fraction of sp³-hybridized carbons (Fsp3) is 0.333. The molecule has 1 saturated heterocycles. The molecule has 0 bridgehead atoms. The number of aliphatic imine (C=N–C) groups is 1. The molecule has 1 amide bonds. The van der Waals surface area contributed by atoms with Crippen molar-refractivity contribution in [3.63, 3.8) is 0 Å². The molecule has 7 heteroatoms. The minimum atomic E-state index is -0.526. The van der Waals surface area contributed by atoms with Crippen LogP contribution in [0.4, 0.5) is 5.69 Å². The smallest absolute Gasteiger partial charge is 0.271 e. The average Bonchev–Trinajstić information content (AvgIpc) is 3.10. The molecule has 0 unspecified atom stereocenters. The quantitative estimate of drug-likeness (QED) is 0.781. The van der Waals surface area contributed by atoms with Crippen LogP contribution in [0.25, 0.3) is 0 Å². The Morgan fingerprint density at radius 2 is 2.00 bits per heavy atom. The van der Waals surface area contributed by atoms with E-state index in [1.165, 1.54) is 10.8 Å². The van der Waals surface area contributed by atoms with Crippen molar-refractivity contribution in [3.8, 4) is 11.9 Å². The Hall–Kier alpha value is -3.40. The second-order valence-corrected chi connectivity index (χ2v) is 6.74. The number of amides is 1. The van der Waals surface area contributed by atoms with Crippen LogP contribution in [-0.4, -0.2) is 39.8 Å². The molecule has 0 saturated carbocycles. The van der Waals surface area contributed by atoms with E-state index in [2.05, 4.69) is 4.99 Å². The van der Waals surface area contributed by atoms with Gasteiger partial charge in [0, 0.05) is 32.3 Å². The lowest BCUT2D eigenvalue weighted by atomic mass is 10.1. The lowest BCUT2D eigenvalue weighted by molar-refractivity contribution is -0.127. The standard InChI is InChI=1S/C21H22N4O3/c1-15-17(13-22)20(27)25(12-6-11-24-10-5-9-19(24)26)21(28)18(15)14-23-16-7-3-2-4-8-16/h2-4,7-8,14,28H,5-6,9-12H2,1H3. The van der Waals surface area contributed by atoms with Gasteiger partial charge in [-0.3, -0.25) is 19.1 Å². The van der Waals surface area contributed by atoms with Crippen LogP contribution in [0.3, 0.4) is 0 Å². The van der Waals surface area contributed by atoms with Gasteiger partial charge in [0.2, 0.25) is 11.8 Å². The minimum Gasteiger partial charge on any atom is -0.494 e. The summed E-state index contributed by atoms with van der Waals surface area (Å²) in [6, 6.07) is 11.1. The van der Waals surface area contributed by atoms with Gasteiger partial charge in [0.05, 0.1) is 11.3 Å². The third-order valence-corrected chi connectivity index (χ3v) is 4.93. The molecule has 7 nitrogen and oxygen atoms in total. The lowest BCUT2D eigenvalue weighted by Gasteiger charge is -2.17. The second-order valence-electron chi connectivity index (χ2n) is 6.74. The first-order valence-corrected chi connectivity index (χ1v) is 9.26. The SMILES string of the molecule is Cc1c(C=Nc2ccccc2)c(O)n(CCCN2CCCC2=O)c(=O)c1C#N. The first-order chi connectivity index (χ1) is 13.5. The maximum absolute atomic E-state index is 12.6. The highest BCUT2D eigenvalue weighted by Gasteiger charge is 2.21. The number of nitrogens with zero attached hydrogens (tertiary/aromatic N) is 4. The summed E-state index contributed by atoms with van der Waals surface area (Å²) in [7, 11) is 0. The van der Waals surface area contributed by atoms with E-state index in [9.17, 15) is 20.0 Å². The van der Waals surface area contributed by atoms with Gasteiger partial charge in [-0.1, -0.05) is 18.2 Å². The van der Waals surface area contributed by atoms with Gasteiger partial charge in [0.15, 0.2) is 0 Å². The number of para-hydroxylation sites is 1. The Bertz CT molecular complexity index is 1000. The van der Waals surface area contributed by atoms with Gasteiger partial charge >= 0.3 is 0 Å². The van der Waals surface area contributed by atoms with Crippen molar-refractivity contribution in [2.45, 2.75) is 32.7 Å². The summed E-state index contributed by atoms with van der Waals surface area (Å²) in [4.78, 5) is 30.4. The summed E-state index contributed by atoms with van der Waals surface area (Å²) in [6.45, 7) is 3.09. The Balaban J connectivity index is 1.89. The first kappa shape index (κ1) is 19.4. The zero-order valence-corrected chi connectivity index (χ0v) is 15.8. The van der Waals surface area contributed by atoms with Crippen molar-refractivity contribution in [2.75, 3.05) is 13.1 Å². The Labute approximate surface area is 163 Å². The van der Waals surface area contributed by atoms with E-state index in [4.69, 9.17) is 0 Å². The van der Waals surface area contributed by atoms with Crippen molar-refractivity contribution < 1.29 is 9.90 Å². The number of carbonyl (C=O) groups excluding carboxylic acids is 1. The fourth-order valence-corrected chi connectivity index (χ4v) is 3.35. The van der Waals surface area contributed by atoms with Gasteiger partial charge in [-0.25, -0.2) is 0 Å². The molecular weight excluding hydrogens is 356 g/mol. The Kier molecular flexibility index (Phi) is 5.90. The highest BCUT2D eigenvalue weighted by atomic mass is 16.3. The van der Waals surface area contributed by atoms with E-state index in [-0.39, 0.29) is 23.9 Å². The fourth-order valence-electron chi connectivity index (χ4n) is 3.35. The number of aromatic nitrogens is 1. The summed E-state index contributed by atoms with van der Waals surface area (Å²) in [6.07, 6.45) is 3.41. The van der Waals surface area contributed by atoms with Gasteiger partial charge in [0.1, 0.15) is 11.6 Å². The van der Waals surface area contributed by atoms with Crippen molar-refractivity contribution in [1.82, 2.24) is 9.47 Å². The van der Waals surface area contributed by atoms with Crippen LogP contribution in [0.15, 0.2) is 40.1 Å². The highest BCUT2D eigenvalue weighted by molar-refractivity contribution is 5.87. The molecule has 3 rings (SSSR count). The molecule has 1 aliphatic rings. The van der Waals surface area contributed by atoms with E-state index in [1.807, 2.05) is 36.4 Å². The summed E-state index contributed by atoms with van der Waals surface area (Å²) in [5.41, 5.74) is 0.907. The van der Waals surface area contributed by atoms with Crippen molar-refractivity contribution in [1.29, 1.82) is 5.26 Å². The second kappa shape index (κ2) is 8.53. The maximum atomic E-state index is 12.6. The number of aromatic hydroxyl groups is 1. The first-order valence-electron chi connectivity index (χ1n) is 9.26. The van der Waals surface area contributed by atoms with E-state index < -0.39 is 5.56 Å². The number of hydrogen-bond acceptors (Lipinski definition) is 5. The largest absolute Gasteiger partial charge is 0.494 e. The zero-order chi connectivity index (χ0) is 20.1. The molecule has 1 aliphatic heterocycles. The van der Waals surface area contributed by atoms with Crippen LogP contribution >= 0.6 is 0 Å². The van der Waals surface area contributed by atoms with E-state index in [1.54, 1.807) is 11.8 Å². The van der Waals surface area contributed by atoms with Gasteiger partial charge in [-0.15, -0.1) is 0 Å². The normalized spacial score (nSPS) is 14.0. The third kappa shape index (κ3) is 3.96. The number of benzene rings is 1. The molecular formula is C21H22N4O3. The van der Waals surface area contributed by atoms with Crippen LogP contribution in [0.1, 0.15) is 36.0 Å². The van der Waals surface area contributed by atoms with Gasteiger partial charge < -0.3 is 10.0 Å². The summed E-state index contributed by atoms with van der Waals surface area (Å²) >= 11 is 0. The molecule has 2 aromatic rings. The summed E-state index contributed by atoms with van der Waals surface area (Å²) < 4.78 is 1.19. The van der Waals surface area contributed by atoms with E-state index in [0.29, 0.717) is 36.2 Å². The topological polar surface area (TPSA) is 98.7 Å². The van der Waals surface area contributed by atoms with Crippen molar-refractivity contribution >= 4 is 17.8 Å². The number of likely N-dealkylation sites (tertiary alicyclic amines) is 1. The van der Waals surface area contributed by atoms with Crippen LogP contribution in [0.2, 0.25) is 0 Å². The number of carbonyl (C=O) groups is 1. The highest BCUT2D eigenvalue weighted by Crippen LogP contribution is 2.21. The monoisotopic (exact) mass is 378 g/mol. The number of rotatable bonds is 6. The predicted molar refractivity (Wildman–Crippen MR) is 106 cm³/mol. The number of hydrogen-bond donors (Lipinski definition) is 1. The van der Waals surface area contributed by atoms with Crippen LogP contribution in [0, 0.1) is 18.3 Å². The minimum absolute atomic E-state index is 0.00967. The Morgan fingerprint density at radius 3 is 2.64 bits per heavy atom. The third-order valence-electron chi connectivity index (χ3n) is 4.93. The van der Waals surface area contributed by atoms with Gasteiger partial charge in [-0.2, -0.15) is 5.26 Å². The molecule has 1 fully saturated rings. The van der Waals surface area contributed by atoms with Crippen LogP contribution in [-0.2, 0) is 11.3 Å². The molecule has 0 radical (unpaired) electrons. The lowest BCUT2D eigenvalue weighted by Crippen LogP contribution is -2.29. The summed E-state index contributed by atoms with van der Waals surface area (Å²) in [5.74, 6) is -0.0946. The zero-order valence-electron chi connectivity index (χ0n) is 15.8. The van der Waals surface area contributed by atoms with E-state index >= 15 is 0 Å². The van der Waals surface area contributed by atoms with Gasteiger partial charge in [0.25, 0.3) is 5.56 Å². The van der Waals surface area contributed by atoms with Crippen LogP contribution < -0.4 is 5.56 Å². The van der Waals surface area contributed by atoms with Gasteiger partial charge in [-0.05, 0) is 37.5 Å². The van der Waals surface area contributed by atoms with E-state index in [0.717, 1.165) is 13.0 Å². The average molecular weight is 378 g/mol. The molecule has 0 aliphatic carbocycles. The van der Waals surface area contributed by atoms with Crippen molar-refractivity contribution in [2.24, 2.45) is 4.99 Å². The Morgan fingerprint density at radius 1 is 1.25 bits per heavy atom. The number of nitriles is 1. The predicted octanol–water partition coefficient (Wildman–Crippen LogP) is 2.50. The molecule has 1 aromatic carbocycles.